The van der Waals surface area contributed by atoms with E-state index in [1.165, 1.54) is 0 Å². The molecule has 1 saturated carbocycles. The summed E-state index contributed by atoms with van der Waals surface area (Å²) in [6.07, 6.45) is 7.09. The molecule has 0 bridgehead atoms. The first kappa shape index (κ1) is 21.4. The predicted octanol–water partition coefficient (Wildman–Crippen LogP) is 6.31. The molecule has 6 heteroatoms. The van der Waals surface area contributed by atoms with Crippen LogP contribution in [-0.2, 0) is 21.6 Å². The third-order valence-electron chi connectivity index (χ3n) is 5.50. The van der Waals surface area contributed by atoms with E-state index >= 15 is 0 Å². The van der Waals surface area contributed by atoms with Crippen LogP contribution in [0.1, 0.15) is 44.4 Å². The summed E-state index contributed by atoms with van der Waals surface area (Å²) in [4.78, 5) is 20.5. The first-order valence-electron chi connectivity index (χ1n) is 10.4. The first-order chi connectivity index (χ1) is 14.8. The number of halogens is 2. The second-order valence-electron chi connectivity index (χ2n) is 8.24. The van der Waals surface area contributed by atoms with Crippen molar-refractivity contribution in [3.63, 3.8) is 0 Å². The van der Waals surface area contributed by atoms with Gasteiger partial charge >= 0.3 is 5.97 Å². The summed E-state index contributed by atoms with van der Waals surface area (Å²) in [6.45, 7) is 3.64. The molecule has 0 N–H and O–H groups in total. The lowest BCUT2D eigenvalue weighted by atomic mass is 9.79. The summed E-state index contributed by atoms with van der Waals surface area (Å²) in [5, 5.41) is 0.529. The maximum atomic E-state index is 14.8. The van der Waals surface area contributed by atoms with Gasteiger partial charge in [0.15, 0.2) is 5.67 Å². The molecule has 0 aliphatic heterocycles. The molecule has 1 aliphatic rings. The van der Waals surface area contributed by atoms with Crippen molar-refractivity contribution in [2.75, 3.05) is 0 Å². The van der Waals surface area contributed by atoms with Crippen molar-refractivity contribution in [1.82, 2.24) is 9.97 Å². The quantitative estimate of drug-likeness (QED) is 0.423. The van der Waals surface area contributed by atoms with E-state index in [0.29, 0.717) is 23.6 Å². The molecule has 4 rings (SSSR count). The molecule has 31 heavy (non-hydrogen) atoms. The van der Waals surface area contributed by atoms with Gasteiger partial charge in [0.05, 0.1) is 18.2 Å². The Morgan fingerprint density at radius 1 is 1.13 bits per heavy atom. The molecular weight excluding hydrogens is 415 g/mol. The van der Waals surface area contributed by atoms with E-state index in [2.05, 4.69) is 9.97 Å². The maximum Gasteiger partial charge on any atom is 0.310 e. The minimum absolute atomic E-state index is 0.152. The Hall–Kier alpha value is -2.79. The van der Waals surface area contributed by atoms with Crippen LogP contribution in [0.4, 0.5) is 4.39 Å². The number of aromatic nitrogens is 2. The van der Waals surface area contributed by atoms with Gasteiger partial charge in [-0.15, -0.1) is 0 Å². The highest BCUT2D eigenvalue weighted by atomic mass is 35.5. The monoisotopic (exact) mass is 438 g/mol. The lowest BCUT2D eigenvalue weighted by Gasteiger charge is -2.33. The number of carbonyl (C=O) groups is 1. The largest absolute Gasteiger partial charge is 0.463 e. The van der Waals surface area contributed by atoms with Crippen LogP contribution in [0.3, 0.4) is 0 Å². The van der Waals surface area contributed by atoms with Gasteiger partial charge in [0.1, 0.15) is 0 Å². The van der Waals surface area contributed by atoms with Gasteiger partial charge < -0.3 is 4.74 Å². The Morgan fingerprint density at radius 2 is 1.90 bits per heavy atom. The van der Waals surface area contributed by atoms with E-state index in [0.717, 1.165) is 34.2 Å². The van der Waals surface area contributed by atoms with Crippen molar-refractivity contribution in [1.29, 1.82) is 0 Å². The van der Waals surface area contributed by atoms with Gasteiger partial charge in [0.25, 0.3) is 0 Å². The number of pyridine rings is 2. The number of benzene rings is 1. The molecule has 0 saturated heterocycles. The molecule has 0 radical (unpaired) electrons. The van der Waals surface area contributed by atoms with Crippen LogP contribution in [0.15, 0.2) is 55.0 Å². The summed E-state index contributed by atoms with van der Waals surface area (Å²) >= 11 is 6.52. The van der Waals surface area contributed by atoms with E-state index in [9.17, 15) is 9.18 Å². The van der Waals surface area contributed by atoms with Gasteiger partial charge in [0.2, 0.25) is 0 Å². The fourth-order valence-electron chi connectivity index (χ4n) is 3.72. The summed E-state index contributed by atoms with van der Waals surface area (Å²) in [5.41, 5.74) is 3.35. The Labute approximate surface area is 186 Å². The summed E-state index contributed by atoms with van der Waals surface area (Å²) in [6, 6.07) is 11.2. The average Bonchev–Trinajstić information content (AvgIpc) is 2.71. The number of ether oxygens (including phenoxy) is 1. The minimum atomic E-state index is -1.31. The van der Waals surface area contributed by atoms with Crippen molar-refractivity contribution < 1.29 is 13.9 Å². The van der Waals surface area contributed by atoms with Gasteiger partial charge in [-0.3, -0.25) is 14.8 Å². The van der Waals surface area contributed by atoms with Crippen LogP contribution >= 0.6 is 11.6 Å². The summed E-state index contributed by atoms with van der Waals surface area (Å²) < 4.78 is 20.0. The second-order valence-corrected chi connectivity index (χ2v) is 8.65. The van der Waals surface area contributed by atoms with Crippen LogP contribution < -0.4 is 0 Å². The third-order valence-corrected chi connectivity index (χ3v) is 5.81. The number of hydrogen-bond donors (Lipinski definition) is 0. The third kappa shape index (κ3) is 4.77. The molecule has 0 amide bonds. The molecule has 2 heterocycles. The molecule has 0 spiro atoms. The molecule has 4 nitrogen and oxygen atoms in total. The predicted molar refractivity (Wildman–Crippen MR) is 119 cm³/mol. The number of nitrogens with zero attached hydrogens (tertiary/aromatic N) is 2. The molecule has 0 unspecified atom stereocenters. The molecule has 0 atom stereocenters. The highest BCUT2D eigenvalue weighted by Gasteiger charge is 2.40. The lowest BCUT2D eigenvalue weighted by Crippen LogP contribution is -2.29. The Balaban J connectivity index is 1.59. The van der Waals surface area contributed by atoms with Gasteiger partial charge in [0, 0.05) is 40.3 Å². The van der Waals surface area contributed by atoms with Crippen molar-refractivity contribution in [2.45, 2.75) is 51.3 Å². The number of hydrogen-bond acceptors (Lipinski definition) is 4. The molecule has 2 aromatic heterocycles. The average molecular weight is 439 g/mol. The van der Waals surface area contributed by atoms with Crippen molar-refractivity contribution in [3.05, 3.63) is 71.3 Å². The van der Waals surface area contributed by atoms with Crippen LogP contribution in [0.5, 0.6) is 0 Å². The minimum Gasteiger partial charge on any atom is -0.463 e. The number of esters is 1. The van der Waals surface area contributed by atoms with Crippen LogP contribution in [0, 0.1) is 0 Å². The molecule has 160 valence electrons. The van der Waals surface area contributed by atoms with Crippen LogP contribution in [0.25, 0.3) is 22.3 Å². The zero-order valence-corrected chi connectivity index (χ0v) is 18.3. The Kier molecular flexibility index (Phi) is 6.05. The zero-order valence-electron chi connectivity index (χ0n) is 17.6. The van der Waals surface area contributed by atoms with E-state index in [4.69, 9.17) is 16.3 Å². The molecule has 1 aromatic carbocycles. The lowest BCUT2D eigenvalue weighted by molar-refractivity contribution is -0.146. The molecular formula is C25H24ClFN2O2. The van der Waals surface area contributed by atoms with E-state index < -0.39 is 5.67 Å². The van der Waals surface area contributed by atoms with Crippen LogP contribution in [0.2, 0.25) is 5.02 Å². The van der Waals surface area contributed by atoms with E-state index in [1.807, 2.05) is 44.2 Å². The molecule has 3 aromatic rings. The standard InChI is InChI=1S/C25H24ClFN2O2/c1-16(2)31-24(30)11-17-4-5-21(22(26)10-17)20-12-19(14-28-15-20)18-6-9-29-23(13-18)25(27)7-3-8-25/h4-6,9-10,12-16H,3,7-8,11H2,1-2H3. The first-order valence-corrected chi connectivity index (χ1v) is 10.8. The number of alkyl halides is 1. The maximum absolute atomic E-state index is 14.8. The van der Waals surface area contributed by atoms with Gasteiger partial charge in [-0.1, -0.05) is 23.7 Å². The van der Waals surface area contributed by atoms with Crippen molar-refractivity contribution in [3.8, 4) is 22.3 Å². The van der Waals surface area contributed by atoms with E-state index in [1.54, 1.807) is 24.7 Å². The fourth-order valence-corrected chi connectivity index (χ4v) is 4.03. The number of rotatable bonds is 6. The van der Waals surface area contributed by atoms with Crippen LogP contribution in [-0.4, -0.2) is 22.0 Å². The molecule has 1 aliphatic carbocycles. The van der Waals surface area contributed by atoms with Crippen molar-refractivity contribution >= 4 is 17.6 Å². The smallest absolute Gasteiger partial charge is 0.310 e. The summed E-state index contributed by atoms with van der Waals surface area (Å²) in [5.74, 6) is -0.284. The Morgan fingerprint density at radius 3 is 2.58 bits per heavy atom. The second kappa shape index (κ2) is 8.75. The number of carbonyl (C=O) groups excluding carboxylic acids is 1. The SMILES string of the molecule is CC(C)OC(=O)Cc1ccc(-c2cncc(-c3ccnc(C4(F)CCC4)c3)c2)c(Cl)c1. The molecule has 1 fully saturated rings. The van der Waals surface area contributed by atoms with Gasteiger partial charge in [-0.25, -0.2) is 4.39 Å². The Bertz CT molecular complexity index is 1110. The van der Waals surface area contributed by atoms with Gasteiger partial charge in [-0.2, -0.15) is 0 Å². The highest BCUT2D eigenvalue weighted by molar-refractivity contribution is 6.33. The van der Waals surface area contributed by atoms with Crippen molar-refractivity contribution in [2.24, 2.45) is 0 Å². The topological polar surface area (TPSA) is 52.1 Å². The highest BCUT2D eigenvalue weighted by Crippen LogP contribution is 2.44. The van der Waals surface area contributed by atoms with Gasteiger partial charge in [-0.05, 0) is 68.5 Å². The fraction of sp³-hybridized carbons (Fsp3) is 0.320. The summed E-state index contributed by atoms with van der Waals surface area (Å²) in [7, 11) is 0. The zero-order chi connectivity index (χ0) is 22.0. The normalized spacial score (nSPS) is 14.9. The van der Waals surface area contributed by atoms with E-state index in [-0.39, 0.29) is 18.5 Å².